The summed E-state index contributed by atoms with van der Waals surface area (Å²) in [5.41, 5.74) is -0.804. The highest BCUT2D eigenvalue weighted by Crippen LogP contribution is 2.45. The SMILES string of the molecule is CCC(OC(C)=O)C(C)C(C)P(=O)(O)O. The highest BCUT2D eigenvalue weighted by Gasteiger charge is 2.34. The highest BCUT2D eigenvalue weighted by molar-refractivity contribution is 7.52. The molecular weight excluding hydrogens is 219 g/mol. The summed E-state index contributed by atoms with van der Waals surface area (Å²) < 4.78 is 16.0. The number of hydrogen-bond donors (Lipinski definition) is 2. The molecule has 0 amide bonds. The number of esters is 1. The second kappa shape index (κ2) is 5.64. The Morgan fingerprint density at radius 1 is 1.40 bits per heavy atom. The standard InChI is InChI=1S/C9H19O5P/c1-5-9(14-8(4)10)6(2)7(3)15(11,12)13/h6-7,9H,5H2,1-4H3,(H2,11,12,13). The van der Waals surface area contributed by atoms with Crippen LogP contribution in [0.5, 0.6) is 0 Å². The molecule has 0 bridgehead atoms. The number of carbonyl (C=O) groups is 1. The van der Waals surface area contributed by atoms with E-state index in [1.165, 1.54) is 13.8 Å². The molecule has 0 fully saturated rings. The third-order valence-electron chi connectivity index (χ3n) is 2.60. The molecule has 3 unspecified atom stereocenters. The van der Waals surface area contributed by atoms with Crippen LogP contribution in [0, 0.1) is 5.92 Å². The van der Waals surface area contributed by atoms with Crippen molar-refractivity contribution in [3.05, 3.63) is 0 Å². The summed E-state index contributed by atoms with van der Waals surface area (Å²) in [7, 11) is -4.11. The van der Waals surface area contributed by atoms with Gasteiger partial charge in [-0.15, -0.1) is 0 Å². The van der Waals surface area contributed by atoms with Gasteiger partial charge in [-0.3, -0.25) is 9.36 Å². The fraction of sp³-hybridized carbons (Fsp3) is 0.889. The second-order valence-electron chi connectivity index (χ2n) is 3.74. The maximum atomic E-state index is 11.0. The molecule has 0 aromatic rings. The molecule has 15 heavy (non-hydrogen) atoms. The molecule has 0 saturated heterocycles. The molecule has 3 atom stereocenters. The van der Waals surface area contributed by atoms with Crippen molar-refractivity contribution >= 4 is 13.6 Å². The molecule has 0 aliphatic carbocycles. The van der Waals surface area contributed by atoms with Crippen LogP contribution in [0.2, 0.25) is 0 Å². The van der Waals surface area contributed by atoms with E-state index in [4.69, 9.17) is 14.5 Å². The Hall–Kier alpha value is -0.380. The Morgan fingerprint density at radius 2 is 1.87 bits per heavy atom. The van der Waals surface area contributed by atoms with Crippen LogP contribution < -0.4 is 0 Å². The van der Waals surface area contributed by atoms with Gasteiger partial charge in [0.1, 0.15) is 6.10 Å². The first-order chi connectivity index (χ1) is 6.70. The van der Waals surface area contributed by atoms with Crippen molar-refractivity contribution < 1.29 is 23.9 Å². The van der Waals surface area contributed by atoms with E-state index in [0.29, 0.717) is 6.42 Å². The number of hydrogen-bond acceptors (Lipinski definition) is 3. The molecule has 0 aromatic carbocycles. The second-order valence-corrected chi connectivity index (χ2v) is 5.74. The van der Waals surface area contributed by atoms with Crippen LogP contribution in [-0.2, 0) is 14.1 Å². The zero-order chi connectivity index (χ0) is 12.2. The van der Waals surface area contributed by atoms with E-state index in [0.717, 1.165) is 0 Å². The van der Waals surface area contributed by atoms with E-state index < -0.39 is 25.3 Å². The van der Waals surface area contributed by atoms with E-state index in [1.807, 2.05) is 6.92 Å². The van der Waals surface area contributed by atoms with Crippen molar-refractivity contribution in [3.8, 4) is 0 Å². The van der Waals surface area contributed by atoms with Gasteiger partial charge in [0.15, 0.2) is 0 Å². The minimum atomic E-state index is -4.11. The van der Waals surface area contributed by atoms with Crippen molar-refractivity contribution in [1.82, 2.24) is 0 Å². The Labute approximate surface area is 90.0 Å². The van der Waals surface area contributed by atoms with Gasteiger partial charge >= 0.3 is 13.6 Å². The third-order valence-corrected chi connectivity index (χ3v) is 4.13. The average Bonchev–Trinajstić information content (AvgIpc) is 2.10. The van der Waals surface area contributed by atoms with Crippen LogP contribution in [0.4, 0.5) is 0 Å². The van der Waals surface area contributed by atoms with Crippen LogP contribution in [-0.4, -0.2) is 27.5 Å². The van der Waals surface area contributed by atoms with Crippen molar-refractivity contribution in [3.63, 3.8) is 0 Å². The van der Waals surface area contributed by atoms with Gasteiger partial charge in [-0.25, -0.2) is 0 Å². The Balaban J connectivity index is 4.58. The van der Waals surface area contributed by atoms with E-state index >= 15 is 0 Å². The van der Waals surface area contributed by atoms with E-state index in [-0.39, 0.29) is 5.92 Å². The first-order valence-corrected chi connectivity index (χ1v) is 6.60. The predicted octanol–water partition coefficient (Wildman–Crippen LogP) is 1.53. The summed E-state index contributed by atoms with van der Waals surface area (Å²) >= 11 is 0. The summed E-state index contributed by atoms with van der Waals surface area (Å²) in [5.74, 6) is -0.786. The van der Waals surface area contributed by atoms with Gasteiger partial charge in [-0.05, 0) is 6.42 Å². The van der Waals surface area contributed by atoms with Gasteiger partial charge in [-0.1, -0.05) is 20.8 Å². The topological polar surface area (TPSA) is 83.8 Å². The molecule has 0 aromatic heterocycles. The summed E-state index contributed by atoms with van der Waals surface area (Å²) in [5, 5.41) is 0. The lowest BCUT2D eigenvalue weighted by molar-refractivity contribution is -0.149. The predicted molar refractivity (Wildman–Crippen MR) is 56.5 cm³/mol. The lowest BCUT2D eigenvalue weighted by Crippen LogP contribution is -2.30. The molecule has 0 radical (unpaired) electrons. The minimum Gasteiger partial charge on any atom is -0.462 e. The Morgan fingerprint density at radius 3 is 2.13 bits per heavy atom. The van der Waals surface area contributed by atoms with Crippen molar-refractivity contribution in [2.75, 3.05) is 0 Å². The summed E-state index contributed by atoms with van der Waals surface area (Å²) in [6, 6.07) is 0. The summed E-state index contributed by atoms with van der Waals surface area (Å²) in [6.45, 7) is 6.26. The Bertz CT molecular complexity index is 259. The first kappa shape index (κ1) is 14.6. The van der Waals surface area contributed by atoms with E-state index in [1.54, 1.807) is 6.92 Å². The summed E-state index contributed by atoms with van der Waals surface area (Å²) in [6.07, 6.45) is 0.107. The number of rotatable bonds is 5. The maximum absolute atomic E-state index is 11.0. The zero-order valence-corrected chi connectivity index (χ0v) is 10.4. The monoisotopic (exact) mass is 238 g/mol. The normalized spacial score (nSPS) is 18.0. The largest absolute Gasteiger partial charge is 0.462 e. The molecule has 0 aliphatic heterocycles. The molecule has 6 heteroatoms. The van der Waals surface area contributed by atoms with E-state index in [9.17, 15) is 9.36 Å². The average molecular weight is 238 g/mol. The molecule has 0 spiro atoms. The number of ether oxygens (including phenoxy) is 1. The Kier molecular flexibility index (Phi) is 5.49. The van der Waals surface area contributed by atoms with Crippen molar-refractivity contribution in [2.24, 2.45) is 5.92 Å². The molecule has 5 nitrogen and oxygen atoms in total. The van der Waals surface area contributed by atoms with Gasteiger partial charge in [-0.2, -0.15) is 0 Å². The summed E-state index contributed by atoms with van der Waals surface area (Å²) in [4.78, 5) is 28.8. The van der Waals surface area contributed by atoms with Crippen molar-refractivity contribution in [1.29, 1.82) is 0 Å². The molecule has 0 rings (SSSR count). The van der Waals surface area contributed by atoms with Crippen LogP contribution in [0.25, 0.3) is 0 Å². The van der Waals surface area contributed by atoms with Crippen LogP contribution in [0.15, 0.2) is 0 Å². The van der Waals surface area contributed by atoms with Crippen molar-refractivity contribution in [2.45, 2.75) is 45.9 Å². The van der Waals surface area contributed by atoms with Crippen LogP contribution >= 0.6 is 7.60 Å². The van der Waals surface area contributed by atoms with Crippen LogP contribution in [0.1, 0.15) is 34.1 Å². The smallest absolute Gasteiger partial charge is 0.328 e. The molecule has 90 valence electrons. The van der Waals surface area contributed by atoms with Gasteiger partial charge in [0, 0.05) is 12.8 Å². The quantitative estimate of drug-likeness (QED) is 0.560. The lowest BCUT2D eigenvalue weighted by atomic mass is 9.99. The van der Waals surface area contributed by atoms with Gasteiger partial charge in [0.25, 0.3) is 0 Å². The molecule has 0 aliphatic rings. The van der Waals surface area contributed by atoms with Gasteiger partial charge in [0.2, 0.25) is 0 Å². The molecule has 2 N–H and O–H groups in total. The zero-order valence-electron chi connectivity index (χ0n) is 9.51. The van der Waals surface area contributed by atoms with Gasteiger partial charge in [0.05, 0.1) is 5.66 Å². The highest BCUT2D eigenvalue weighted by atomic mass is 31.2. The molecule has 0 saturated carbocycles. The fourth-order valence-electron chi connectivity index (χ4n) is 1.39. The molecule has 0 heterocycles. The van der Waals surface area contributed by atoms with Gasteiger partial charge < -0.3 is 14.5 Å². The maximum Gasteiger partial charge on any atom is 0.328 e. The first-order valence-electron chi connectivity index (χ1n) is 4.92. The van der Waals surface area contributed by atoms with E-state index in [2.05, 4.69) is 0 Å². The number of carbonyl (C=O) groups excluding carboxylic acids is 1. The minimum absolute atomic E-state index is 0.361. The van der Waals surface area contributed by atoms with Crippen LogP contribution in [0.3, 0.4) is 0 Å². The third kappa shape index (κ3) is 4.78. The fourth-order valence-corrected chi connectivity index (χ4v) is 2.20. The molecular formula is C9H19O5P. The lowest BCUT2D eigenvalue weighted by Gasteiger charge is -2.27.